The fraction of sp³-hybridized carbons (Fsp3) is 0.515. The second-order valence-electron chi connectivity index (χ2n) is 16.7. The fourth-order valence-corrected chi connectivity index (χ4v) is 62.6. The van der Waals surface area contributed by atoms with Gasteiger partial charge in [0.15, 0.2) is 0 Å². The molecule has 2 rings (SSSR count). The van der Waals surface area contributed by atoms with Crippen LogP contribution >= 0.6 is 0 Å². The second-order valence-corrected chi connectivity index (χ2v) is 55.4. The Balaban J connectivity index is 2.57. The zero-order valence-corrected chi connectivity index (χ0v) is 33.7. The molecule has 0 saturated carbocycles. The zero-order valence-electron chi connectivity index (χ0n) is 27.7. The summed E-state index contributed by atoms with van der Waals surface area (Å²) in [5, 5.41) is 3.39. The Labute approximate surface area is 249 Å². The summed E-state index contributed by atoms with van der Waals surface area (Å²) in [5.41, 5.74) is 7.14. The molecular formula is C33H60Si6. The quantitative estimate of drug-likeness (QED) is 0.183. The normalized spacial score (nSPS) is 15.1. The minimum atomic E-state index is -1.70. The van der Waals surface area contributed by atoms with Crippen LogP contribution in [-0.2, 0) is 0 Å². The highest BCUT2D eigenvalue weighted by atomic mass is 29.3. The van der Waals surface area contributed by atoms with E-state index in [9.17, 15) is 0 Å². The molecule has 1 atom stereocenters. The van der Waals surface area contributed by atoms with Crippen molar-refractivity contribution in [3.05, 3.63) is 72.8 Å². The van der Waals surface area contributed by atoms with Crippen molar-refractivity contribution in [2.24, 2.45) is 0 Å². The molecule has 0 saturated heterocycles. The van der Waals surface area contributed by atoms with E-state index in [-0.39, 0.29) is 0 Å². The second kappa shape index (κ2) is 12.6. The van der Waals surface area contributed by atoms with Crippen molar-refractivity contribution < 1.29 is 0 Å². The first kappa shape index (κ1) is 34.4. The lowest BCUT2D eigenvalue weighted by molar-refractivity contribution is 1.25. The van der Waals surface area contributed by atoms with Gasteiger partial charge in [-0.3, -0.25) is 0 Å². The molecule has 1 unspecified atom stereocenters. The van der Waals surface area contributed by atoms with Crippen molar-refractivity contribution in [2.45, 2.75) is 108 Å². The molecule has 0 fully saturated rings. The Morgan fingerprint density at radius 2 is 0.897 bits per heavy atom. The Morgan fingerprint density at radius 3 is 1.28 bits per heavy atom. The first-order valence-electron chi connectivity index (χ1n) is 15.1. The van der Waals surface area contributed by atoms with Crippen LogP contribution in [0.15, 0.2) is 61.7 Å². The molecule has 0 radical (unpaired) electrons. The molecule has 0 amide bonds. The molecule has 0 aliphatic heterocycles. The number of rotatable bonds is 14. The van der Waals surface area contributed by atoms with Crippen molar-refractivity contribution >= 4 is 70.0 Å². The van der Waals surface area contributed by atoms with Gasteiger partial charge in [0.25, 0.3) is 0 Å². The third kappa shape index (κ3) is 9.64. The third-order valence-corrected chi connectivity index (χ3v) is 54.4. The Bertz CT molecular complexity index is 1100. The first-order valence-corrected chi connectivity index (χ1v) is 35.8. The lowest BCUT2D eigenvalue weighted by Gasteiger charge is -2.49. The van der Waals surface area contributed by atoms with Gasteiger partial charge in [0.05, 0.1) is 16.1 Å². The molecule has 0 N–H and O–H groups in total. The molecule has 2 aromatic rings. The molecule has 0 spiro atoms. The van der Waals surface area contributed by atoms with Crippen LogP contribution in [-0.4, -0.2) is 47.5 Å². The maximum absolute atomic E-state index is 4.05. The van der Waals surface area contributed by atoms with Crippen molar-refractivity contribution in [3.63, 3.8) is 0 Å². The van der Waals surface area contributed by atoms with E-state index in [1.165, 1.54) is 28.9 Å². The molecule has 0 aromatic heterocycles. The van der Waals surface area contributed by atoms with Crippen molar-refractivity contribution in [1.82, 2.24) is 0 Å². The highest BCUT2D eigenvalue weighted by Gasteiger charge is 2.51. The summed E-state index contributed by atoms with van der Waals surface area (Å²) in [6.45, 7) is 40.2. The maximum Gasteiger partial charge on any atom is 0.0811 e. The van der Waals surface area contributed by atoms with Gasteiger partial charge in [-0.25, -0.2) is 0 Å². The summed E-state index contributed by atoms with van der Waals surface area (Å²) in [7, 11) is -8.60. The van der Waals surface area contributed by atoms with Crippen LogP contribution in [0.2, 0.25) is 108 Å². The minimum Gasteiger partial charge on any atom is -0.0985 e. The van der Waals surface area contributed by atoms with Crippen LogP contribution in [0.3, 0.4) is 0 Å². The summed E-state index contributed by atoms with van der Waals surface area (Å²) in [5.74, 6) is 0. The van der Waals surface area contributed by atoms with Crippen LogP contribution < -0.4 is 10.4 Å². The summed E-state index contributed by atoms with van der Waals surface area (Å²) in [6, 6.07) is 22.2. The highest BCUT2D eigenvalue weighted by Crippen LogP contribution is 2.39. The van der Waals surface area contributed by atoms with Crippen LogP contribution in [0.25, 0.3) is 12.2 Å². The maximum atomic E-state index is 4.05. The largest absolute Gasteiger partial charge is 0.0985 e. The molecular weight excluding hydrogens is 565 g/mol. The van der Waals surface area contributed by atoms with Crippen molar-refractivity contribution in [1.29, 1.82) is 0 Å². The summed E-state index contributed by atoms with van der Waals surface area (Å²) >= 11 is 0. The van der Waals surface area contributed by atoms with E-state index in [0.29, 0.717) is 0 Å². The van der Waals surface area contributed by atoms with Gasteiger partial charge in [-0.05, 0) is 11.1 Å². The van der Waals surface area contributed by atoms with Gasteiger partial charge in [-0.1, -0.05) is 192 Å². The molecule has 0 nitrogen and oxygen atoms in total. The summed E-state index contributed by atoms with van der Waals surface area (Å²) in [4.78, 5) is 0. The van der Waals surface area contributed by atoms with E-state index in [1.54, 1.807) is 21.7 Å². The first-order chi connectivity index (χ1) is 17.7. The molecule has 0 heterocycles. The fourth-order valence-electron chi connectivity index (χ4n) is 6.79. The van der Waals surface area contributed by atoms with Crippen LogP contribution in [0.5, 0.6) is 0 Å². The van der Waals surface area contributed by atoms with Gasteiger partial charge in [-0.2, -0.15) is 0 Å². The number of benzene rings is 2. The Morgan fingerprint density at radius 1 is 0.487 bits per heavy atom. The predicted molar refractivity (Wildman–Crippen MR) is 201 cm³/mol. The third-order valence-electron chi connectivity index (χ3n) is 9.41. The smallest absolute Gasteiger partial charge is 0.0811 e. The molecule has 0 aliphatic carbocycles. The van der Waals surface area contributed by atoms with Crippen LogP contribution in [0.1, 0.15) is 11.1 Å². The van der Waals surface area contributed by atoms with Gasteiger partial charge < -0.3 is 0 Å². The molecule has 39 heavy (non-hydrogen) atoms. The number of hydrogen-bond acceptors (Lipinski definition) is 0. The van der Waals surface area contributed by atoms with Crippen LogP contribution in [0.4, 0.5) is 0 Å². The summed E-state index contributed by atoms with van der Waals surface area (Å²) in [6.07, 6.45) is 3.98. The van der Waals surface area contributed by atoms with E-state index >= 15 is 0 Å². The molecule has 0 aliphatic rings. The predicted octanol–water partition coefficient (Wildman–Crippen LogP) is 10.0. The zero-order chi connectivity index (χ0) is 29.9. The molecule has 216 valence electrons. The van der Waals surface area contributed by atoms with Gasteiger partial charge >= 0.3 is 0 Å². The summed E-state index contributed by atoms with van der Waals surface area (Å²) < 4.78 is 0. The average molecular weight is 625 g/mol. The van der Waals surface area contributed by atoms with Gasteiger partial charge in [-0.15, -0.1) is 0 Å². The monoisotopic (exact) mass is 624 g/mol. The number of hydrogen-bond donors (Lipinski definition) is 0. The van der Waals surface area contributed by atoms with Gasteiger partial charge in [0.2, 0.25) is 0 Å². The average Bonchev–Trinajstić information content (AvgIpc) is 2.80. The van der Waals surface area contributed by atoms with E-state index < -0.39 is 47.5 Å². The minimum absolute atomic E-state index is 1.14. The van der Waals surface area contributed by atoms with Gasteiger partial charge in [0.1, 0.15) is 0 Å². The van der Waals surface area contributed by atoms with E-state index in [0.717, 1.165) is 0 Å². The Kier molecular flexibility index (Phi) is 11.1. The van der Waals surface area contributed by atoms with E-state index in [4.69, 9.17) is 0 Å². The van der Waals surface area contributed by atoms with Crippen LogP contribution in [0, 0.1) is 0 Å². The topological polar surface area (TPSA) is 0 Å². The van der Waals surface area contributed by atoms with Gasteiger partial charge in [0, 0.05) is 31.3 Å². The molecule has 2 aromatic carbocycles. The highest BCUT2D eigenvalue weighted by molar-refractivity contribution is 7.45. The van der Waals surface area contributed by atoms with Crippen molar-refractivity contribution in [2.75, 3.05) is 0 Å². The van der Waals surface area contributed by atoms with Crippen molar-refractivity contribution in [3.8, 4) is 0 Å². The molecule has 6 heteroatoms. The Hall–Kier alpha value is -0.779. The van der Waals surface area contributed by atoms with E-state index in [1.807, 2.05) is 12.2 Å². The molecule has 0 bridgehead atoms. The lowest BCUT2D eigenvalue weighted by atomic mass is 10.2. The lowest BCUT2D eigenvalue weighted by Crippen LogP contribution is -2.66. The SMILES string of the molecule is C=Cc1ccc([Si](C)(C)C[Si](C)(C)[Si](C)(C)C[Si](CC[Si](C)(C)C)(C[Si](C)(C)C)c2ccc(C=C)cc2)cc1. The van der Waals surface area contributed by atoms with E-state index in [2.05, 4.69) is 140 Å². The standard InChI is InChI=1S/C33H60Si6/c1-15-30-17-21-32(22-18-30)36(9,10)28-37(11,12)38(13,14)29-39(27-35(6,7)8,26-25-34(3,4)5)33-23-19-31(16-2)20-24-33/h15-24H,1-2,25-29H2,3-14H3.